The SMILES string of the molecule is CC1=CC(c2nc(N)cc(-c3cccc(N4CCOCC4)n3)n2)C(C)=N1. The lowest BCUT2D eigenvalue weighted by Gasteiger charge is -2.28. The molecule has 2 aliphatic rings. The van der Waals surface area contributed by atoms with Crippen molar-refractivity contribution < 1.29 is 4.74 Å². The fourth-order valence-electron chi connectivity index (χ4n) is 3.30. The normalized spacial score (nSPS) is 20.1. The molecule has 0 spiro atoms. The molecule has 1 fully saturated rings. The zero-order valence-electron chi connectivity index (χ0n) is 15.0. The molecule has 2 N–H and O–H groups in total. The van der Waals surface area contributed by atoms with Crippen LogP contribution in [0.2, 0.25) is 0 Å². The van der Waals surface area contributed by atoms with Gasteiger partial charge in [-0.1, -0.05) is 6.07 Å². The van der Waals surface area contributed by atoms with Crippen molar-refractivity contribution in [3.63, 3.8) is 0 Å². The van der Waals surface area contributed by atoms with E-state index in [2.05, 4.69) is 21.0 Å². The minimum atomic E-state index is -0.0281. The van der Waals surface area contributed by atoms with Gasteiger partial charge in [-0.15, -0.1) is 0 Å². The van der Waals surface area contributed by atoms with E-state index in [-0.39, 0.29) is 5.92 Å². The third kappa shape index (κ3) is 3.30. The van der Waals surface area contributed by atoms with Crippen molar-refractivity contribution in [2.75, 3.05) is 36.9 Å². The van der Waals surface area contributed by atoms with E-state index in [1.54, 1.807) is 6.07 Å². The Bertz CT molecular complexity index is 885. The fourth-order valence-corrected chi connectivity index (χ4v) is 3.30. The van der Waals surface area contributed by atoms with Crippen LogP contribution in [-0.4, -0.2) is 47.0 Å². The van der Waals surface area contributed by atoms with Gasteiger partial charge in [0.15, 0.2) is 0 Å². The summed E-state index contributed by atoms with van der Waals surface area (Å²) < 4.78 is 5.42. The summed E-state index contributed by atoms with van der Waals surface area (Å²) in [6.07, 6.45) is 2.06. The molecule has 2 aromatic heterocycles. The first-order chi connectivity index (χ1) is 12.6. The molecule has 1 saturated heterocycles. The van der Waals surface area contributed by atoms with Gasteiger partial charge in [-0.25, -0.2) is 15.0 Å². The molecule has 2 aromatic rings. The Balaban J connectivity index is 1.69. The van der Waals surface area contributed by atoms with Crippen LogP contribution in [0.4, 0.5) is 11.6 Å². The number of aromatic nitrogens is 3. The van der Waals surface area contributed by atoms with E-state index in [1.165, 1.54) is 0 Å². The Morgan fingerprint density at radius 2 is 1.88 bits per heavy atom. The zero-order chi connectivity index (χ0) is 18.1. The lowest BCUT2D eigenvalue weighted by molar-refractivity contribution is 0.122. The Hall–Kier alpha value is -2.80. The van der Waals surface area contributed by atoms with Crippen molar-refractivity contribution in [1.82, 2.24) is 15.0 Å². The molecule has 1 atom stereocenters. The predicted octanol–water partition coefficient (Wildman–Crippen LogP) is 2.42. The second-order valence-electron chi connectivity index (χ2n) is 6.56. The van der Waals surface area contributed by atoms with E-state index < -0.39 is 0 Å². The number of nitrogens with two attached hydrogens (primary N) is 1. The van der Waals surface area contributed by atoms with Gasteiger partial charge >= 0.3 is 0 Å². The standard InChI is InChI=1S/C19H22N6O/c1-12-10-14(13(2)21-12)19-23-16(11-17(20)24-19)15-4-3-5-18(22-15)25-6-8-26-9-7-25/h3-5,10-11,14H,6-9H2,1-2H3,(H2,20,23,24). The lowest BCUT2D eigenvalue weighted by atomic mass is 10.0. The van der Waals surface area contributed by atoms with Crippen LogP contribution in [-0.2, 0) is 4.74 Å². The first-order valence-electron chi connectivity index (χ1n) is 8.78. The second-order valence-corrected chi connectivity index (χ2v) is 6.56. The topological polar surface area (TPSA) is 89.5 Å². The quantitative estimate of drug-likeness (QED) is 0.914. The summed E-state index contributed by atoms with van der Waals surface area (Å²) in [6.45, 7) is 7.10. The summed E-state index contributed by atoms with van der Waals surface area (Å²) in [6, 6.07) is 7.73. The molecular weight excluding hydrogens is 328 g/mol. The molecule has 1 unspecified atom stereocenters. The van der Waals surface area contributed by atoms with Gasteiger partial charge in [-0.3, -0.25) is 4.99 Å². The maximum atomic E-state index is 6.06. The predicted molar refractivity (Wildman–Crippen MR) is 102 cm³/mol. The molecule has 4 rings (SSSR count). The summed E-state index contributed by atoms with van der Waals surface area (Å²) in [4.78, 5) is 20.6. The van der Waals surface area contributed by atoms with Gasteiger partial charge in [0.2, 0.25) is 0 Å². The largest absolute Gasteiger partial charge is 0.384 e. The van der Waals surface area contributed by atoms with Crippen LogP contribution in [0.15, 0.2) is 41.0 Å². The Morgan fingerprint density at radius 3 is 2.62 bits per heavy atom. The van der Waals surface area contributed by atoms with Crippen molar-refractivity contribution in [2.45, 2.75) is 19.8 Å². The summed E-state index contributed by atoms with van der Waals surface area (Å²) in [7, 11) is 0. The smallest absolute Gasteiger partial charge is 0.144 e. The Kier molecular flexibility index (Phi) is 4.38. The molecule has 26 heavy (non-hydrogen) atoms. The monoisotopic (exact) mass is 350 g/mol. The van der Waals surface area contributed by atoms with Crippen LogP contribution in [0, 0.1) is 0 Å². The number of nitrogen functional groups attached to an aromatic ring is 1. The second kappa shape index (κ2) is 6.84. The van der Waals surface area contributed by atoms with E-state index in [0.29, 0.717) is 11.6 Å². The molecular formula is C19H22N6O. The van der Waals surface area contributed by atoms with E-state index in [0.717, 1.165) is 54.9 Å². The van der Waals surface area contributed by atoms with Gasteiger partial charge < -0.3 is 15.4 Å². The zero-order valence-corrected chi connectivity index (χ0v) is 15.0. The summed E-state index contributed by atoms with van der Waals surface area (Å²) in [5, 5.41) is 0. The lowest BCUT2D eigenvalue weighted by Crippen LogP contribution is -2.36. The average molecular weight is 350 g/mol. The number of pyridine rings is 1. The van der Waals surface area contributed by atoms with Crippen LogP contribution in [0.25, 0.3) is 11.4 Å². The fraction of sp³-hybridized carbons (Fsp3) is 0.368. The average Bonchev–Trinajstić information content (AvgIpc) is 3.00. The Morgan fingerprint density at radius 1 is 1.08 bits per heavy atom. The van der Waals surface area contributed by atoms with Crippen LogP contribution in [0.5, 0.6) is 0 Å². The minimum Gasteiger partial charge on any atom is -0.384 e. The highest BCUT2D eigenvalue weighted by atomic mass is 16.5. The van der Waals surface area contributed by atoms with E-state index in [4.69, 9.17) is 20.4 Å². The molecule has 0 amide bonds. The molecule has 2 aliphatic heterocycles. The number of rotatable bonds is 3. The van der Waals surface area contributed by atoms with Crippen molar-refractivity contribution >= 4 is 17.3 Å². The van der Waals surface area contributed by atoms with Crippen molar-refractivity contribution in [1.29, 1.82) is 0 Å². The first kappa shape index (κ1) is 16.7. The highest BCUT2D eigenvalue weighted by molar-refractivity contribution is 5.93. The van der Waals surface area contributed by atoms with Crippen molar-refractivity contribution in [3.05, 3.63) is 41.9 Å². The molecule has 134 valence electrons. The molecule has 0 saturated carbocycles. The molecule has 0 bridgehead atoms. The van der Waals surface area contributed by atoms with E-state index in [9.17, 15) is 0 Å². The summed E-state index contributed by atoms with van der Waals surface area (Å²) in [5.41, 5.74) is 9.54. The minimum absolute atomic E-state index is 0.0281. The Labute approximate surface area is 152 Å². The number of aliphatic imine (C=N–C) groups is 1. The molecule has 0 aliphatic carbocycles. The number of allylic oxidation sites excluding steroid dienone is 2. The van der Waals surface area contributed by atoms with Gasteiger partial charge in [0.1, 0.15) is 17.5 Å². The van der Waals surface area contributed by atoms with Gasteiger partial charge in [0.05, 0.1) is 30.5 Å². The molecule has 7 heteroatoms. The van der Waals surface area contributed by atoms with Crippen molar-refractivity contribution in [2.24, 2.45) is 4.99 Å². The third-order valence-corrected chi connectivity index (χ3v) is 4.58. The first-order valence-corrected chi connectivity index (χ1v) is 8.78. The number of hydrogen-bond acceptors (Lipinski definition) is 7. The maximum absolute atomic E-state index is 6.06. The van der Waals surface area contributed by atoms with Gasteiger partial charge in [0.25, 0.3) is 0 Å². The van der Waals surface area contributed by atoms with Crippen LogP contribution >= 0.6 is 0 Å². The van der Waals surface area contributed by atoms with Gasteiger partial charge in [-0.05, 0) is 32.1 Å². The highest BCUT2D eigenvalue weighted by Crippen LogP contribution is 2.28. The number of hydrogen-bond donors (Lipinski definition) is 1. The number of nitrogens with zero attached hydrogens (tertiary/aromatic N) is 5. The molecule has 7 nitrogen and oxygen atoms in total. The molecule has 4 heterocycles. The number of ether oxygens (including phenoxy) is 1. The van der Waals surface area contributed by atoms with Crippen LogP contribution < -0.4 is 10.6 Å². The van der Waals surface area contributed by atoms with Crippen LogP contribution in [0.3, 0.4) is 0 Å². The summed E-state index contributed by atoms with van der Waals surface area (Å²) >= 11 is 0. The van der Waals surface area contributed by atoms with E-state index >= 15 is 0 Å². The number of anilines is 2. The van der Waals surface area contributed by atoms with Crippen LogP contribution in [0.1, 0.15) is 25.6 Å². The highest BCUT2D eigenvalue weighted by Gasteiger charge is 2.22. The van der Waals surface area contributed by atoms with Crippen molar-refractivity contribution in [3.8, 4) is 11.4 Å². The van der Waals surface area contributed by atoms with Gasteiger partial charge in [-0.2, -0.15) is 0 Å². The summed E-state index contributed by atoms with van der Waals surface area (Å²) in [5.74, 6) is 2.00. The molecule has 0 radical (unpaired) electrons. The molecule has 0 aromatic carbocycles. The van der Waals surface area contributed by atoms with E-state index in [1.807, 2.05) is 32.0 Å². The van der Waals surface area contributed by atoms with Gasteiger partial charge in [0, 0.05) is 30.6 Å². The third-order valence-electron chi connectivity index (χ3n) is 4.58. The number of morpholine rings is 1. The maximum Gasteiger partial charge on any atom is 0.144 e.